The zero-order chi connectivity index (χ0) is 16.4. The van der Waals surface area contributed by atoms with Crippen LogP contribution >= 0.6 is 0 Å². The number of nitrogens with zero attached hydrogens (tertiary/aromatic N) is 2. The molecule has 116 valence electrons. The molecule has 0 fully saturated rings. The van der Waals surface area contributed by atoms with E-state index in [2.05, 4.69) is 10.5 Å². The van der Waals surface area contributed by atoms with Crippen LogP contribution in [0.5, 0.6) is 0 Å². The Hall–Kier alpha value is -2.70. The van der Waals surface area contributed by atoms with Crippen LogP contribution in [0.2, 0.25) is 0 Å². The molecule has 0 bridgehead atoms. The second-order valence-electron chi connectivity index (χ2n) is 5.15. The van der Waals surface area contributed by atoms with E-state index in [9.17, 15) is 14.9 Å². The van der Waals surface area contributed by atoms with Gasteiger partial charge in [-0.25, -0.2) is 0 Å². The number of anilines is 1. The average Bonchev–Trinajstić information content (AvgIpc) is 2.78. The zero-order valence-electron chi connectivity index (χ0n) is 12.8. The third-order valence-electron chi connectivity index (χ3n) is 3.49. The number of nitro groups is 1. The molecular formula is C15H17N3O4. The number of Topliss-reactive ketones (excluding diaryl/α,β-unsaturated/α-hetero) is 1. The summed E-state index contributed by atoms with van der Waals surface area (Å²) in [5.41, 5.74) is 2.13. The summed E-state index contributed by atoms with van der Waals surface area (Å²) < 4.78 is 5.11. The second-order valence-corrected chi connectivity index (χ2v) is 5.15. The summed E-state index contributed by atoms with van der Waals surface area (Å²) in [7, 11) is 0. The van der Waals surface area contributed by atoms with Gasteiger partial charge in [0.25, 0.3) is 5.69 Å². The number of rotatable bonds is 5. The maximum Gasteiger partial charge on any atom is 0.293 e. The highest BCUT2D eigenvalue weighted by Gasteiger charge is 2.21. The Morgan fingerprint density at radius 2 is 2.09 bits per heavy atom. The number of nitro benzene ring substituents is 1. The number of nitrogens with one attached hydrogen (secondary N) is 1. The van der Waals surface area contributed by atoms with Gasteiger partial charge in [0.2, 0.25) is 0 Å². The number of hydrogen-bond donors (Lipinski definition) is 1. The van der Waals surface area contributed by atoms with Gasteiger partial charge in [-0.1, -0.05) is 5.16 Å². The molecule has 0 amide bonds. The predicted molar refractivity (Wildman–Crippen MR) is 81.1 cm³/mol. The van der Waals surface area contributed by atoms with Gasteiger partial charge in [-0.2, -0.15) is 0 Å². The van der Waals surface area contributed by atoms with E-state index in [4.69, 9.17) is 4.52 Å². The largest absolute Gasteiger partial charge is 0.373 e. The first kappa shape index (κ1) is 15.7. The van der Waals surface area contributed by atoms with E-state index in [1.54, 1.807) is 19.1 Å². The SMILES string of the molecule is CC(=O)c1ccc(NC(C)c2c(C)noc2C)c([N+](=O)[O-])c1. The highest BCUT2D eigenvalue weighted by molar-refractivity contribution is 5.95. The highest BCUT2D eigenvalue weighted by atomic mass is 16.6. The van der Waals surface area contributed by atoms with Crippen LogP contribution in [0.1, 0.15) is 47.3 Å². The molecule has 0 saturated heterocycles. The number of benzene rings is 1. The van der Waals surface area contributed by atoms with Crippen LogP contribution in [0.15, 0.2) is 22.7 Å². The first-order valence-electron chi connectivity index (χ1n) is 6.80. The molecule has 1 heterocycles. The van der Waals surface area contributed by atoms with Crippen LogP contribution in [-0.4, -0.2) is 15.9 Å². The number of carbonyl (C=O) groups excluding carboxylic acids is 1. The van der Waals surface area contributed by atoms with Crippen LogP contribution in [0.3, 0.4) is 0 Å². The summed E-state index contributed by atoms with van der Waals surface area (Å²) in [5, 5.41) is 18.2. The van der Waals surface area contributed by atoms with Crippen LogP contribution in [-0.2, 0) is 0 Å². The van der Waals surface area contributed by atoms with Crippen LogP contribution in [0, 0.1) is 24.0 Å². The lowest BCUT2D eigenvalue weighted by Gasteiger charge is -2.15. The normalized spacial score (nSPS) is 12.0. The lowest BCUT2D eigenvalue weighted by atomic mass is 10.1. The Kier molecular flexibility index (Phi) is 4.25. The number of aromatic nitrogens is 1. The number of hydrogen-bond acceptors (Lipinski definition) is 6. The molecule has 0 aliphatic rings. The van der Waals surface area contributed by atoms with Crippen molar-refractivity contribution in [1.82, 2.24) is 5.16 Å². The molecule has 0 saturated carbocycles. The average molecular weight is 303 g/mol. The number of carbonyl (C=O) groups is 1. The Bertz CT molecular complexity index is 717. The lowest BCUT2D eigenvalue weighted by Crippen LogP contribution is -2.10. The molecule has 0 aliphatic carbocycles. The van der Waals surface area contributed by atoms with Crippen molar-refractivity contribution in [2.75, 3.05) is 5.32 Å². The molecule has 1 aromatic carbocycles. The van der Waals surface area contributed by atoms with E-state index in [-0.39, 0.29) is 17.5 Å². The Morgan fingerprint density at radius 3 is 2.59 bits per heavy atom. The molecule has 7 nitrogen and oxygen atoms in total. The van der Waals surface area contributed by atoms with Gasteiger partial charge in [-0.15, -0.1) is 0 Å². The molecule has 1 atom stereocenters. The van der Waals surface area contributed by atoms with E-state index >= 15 is 0 Å². The van der Waals surface area contributed by atoms with Crippen molar-refractivity contribution in [3.63, 3.8) is 0 Å². The van der Waals surface area contributed by atoms with Crippen molar-refractivity contribution in [3.8, 4) is 0 Å². The van der Waals surface area contributed by atoms with E-state index in [0.29, 0.717) is 17.0 Å². The van der Waals surface area contributed by atoms with Gasteiger partial charge in [0, 0.05) is 17.2 Å². The Labute approximate surface area is 127 Å². The van der Waals surface area contributed by atoms with E-state index in [0.717, 1.165) is 11.3 Å². The van der Waals surface area contributed by atoms with Gasteiger partial charge in [-0.05, 0) is 39.8 Å². The van der Waals surface area contributed by atoms with Gasteiger partial charge < -0.3 is 9.84 Å². The van der Waals surface area contributed by atoms with Crippen LogP contribution in [0.25, 0.3) is 0 Å². The molecule has 2 rings (SSSR count). The Morgan fingerprint density at radius 1 is 1.41 bits per heavy atom. The van der Waals surface area contributed by atoms with Crippen molar-refractivity contribution in [2.45, 2.75) is 33.7 Å². The third kappa shape index (κ3) is 2.98. The summed E-state index contributed by atoms with van der Waals surface area (Å²) in [6.07, 6.45) is 0. The monoisotopic (exact) mass is 303 g/mol. The zero-order valence-corrected chi connectivity index (χ0v) is 12.8. The van der Waals surface area contributed by atoms with Gasteiger partial charge in [0.05, 0.1) is 16.7 Å². The standard InChI is InChI=1S/C15H17N3O4/c1-8(15-9(2)17-22-11(15)4)16-13-6-5-12(10(3)19)7-14(13)18(20)21/h5-8,16H,1-4H3. The summed E-state index contributed by atoms with van der Waals surface area (Å²) >= 11 is 0. The van der Waals surface area contributed by atoms with E-state index < -0.39 is 4.92 Å². The molecule has 0 aliphatic heterocycles. The molecule has 7 heteroatoms. The van der Waals surface area contributed by atoms with Gasteiger partial charge in [0.1, 0.15) is 11.4 Å². The predicted octanol–water partition coefficient (Wildman–Crippen LogP) is 3.58. The maximum absolute atomic E-state index is 11.4. The summed E-state index contributed by atoms with van der Waals surface area (Å²) in [6.45, 7) is 6.85. The fraction of sp³-hybridized carbons (Fsp3) is 0.333. The second kappa shape index (κ2) is 5.97. The van der Waals surface area contributed by atoms with E-state index in [1.807, 2.05) is 13.8 Å². The van der Waals surface area contributed by atoms with Crippen molar-refractivity contribution in [1.29, 1.82) is 0 Å². The molecule has 1 aromatic heterocycles. The van der Waals surface area contributed by atoms with Crippen LogP contribution in [0.4, 0.5) is 11.4 Å². The fourth-order valence-corrected chi connectivity index (χ4v) is 2.44. The van der Waals surface area contributed by atoms with Crippen molar-refractivity contribution < 1.29 is 14.2 Å². The number of aryl methyl sites for hydroxylation is 2. The fourth-order valence-electron chi connectivity index (χ4n) is 2.44. The lowest BCUT2D eigenvalue weighted by molar-refractivity contribution is -0.384. The minimum Gasteiger partial charge on any atom is -0.373 e. The van der Waals surface area contributed by atoms with Gasteiger partial charge >= 0.3 is 0 Å². The minimum absolute atomic E-state index is 0.133. The van der Waals surface area contributed by atoms with Crippen molar-refractivity contribution in [3.05, 3.63) is 50.9 Å². The van der Waals surface area contributed by atoms with E-state index in [1.165, 1.54) is 13.0 Å². The Balaban J connectivity index is 2.37. The quantitative estimate of drug-likeness (QED) is 0.515. The van der Waals surface area contributed by atoms with Crippen LogP contribution < -0.4 is 5.32 Å². The molecule has 22 heavy (non-hydrogen) atoms. The van der Waals surface area contributed by atoms with Crippen molar-refractivity contribution in [2.24, 2.45) is 0 Å². The number of ketones is 1. The molecule has 0 spiro atoms. The molecule has 1 unspecified atom stereocenters. The maximum atomic E-state index is 11.4. The van der Waals surface area contributed by atoms with Gasteiger partial charge in [-0.3, -0.25) is 14.9 Å². The van der Waals surface area contributed by atoms with Gasteiger partial charge in [0.15, 0.2) is 5.78 Å². The third-order valence-corrected chi connectivity index (χ3v) is 3.49. The molecule has 1 N–H and O–H groups in total. The minimum atomic E-state index is -0.505. The summed E-state index contributed by atoms with van der Waals surface area (Å²) in [4.78, 5) is 22.1. The molecule has 0 radical (unpaired) electrons. The first-order valence-corrected chi connectivity index (χ1v) is 6.80. The summed E-state index contributed by atoms with van der Waals surface area (Å²) in [5.74, 6) is 0.453. The molecule has 2 aromatic rings. The molecular weight excluding hydrogens is 286 g/mol. The van der Waals surface area contributed by atoms with Crippen molar-refractivity contribution >= 4 is 17.2 Å². The highest BCUT2D eigenvalue weighted by Crippen LogP contribution is 2.31. The summed E-state index contributed by atoms with van der Waals surface area (Å²) in [6, 6.07) is 4.18. The first-order chi connectivity index (χ1) is 10.3. The smallest absolute Gasteiger partial charge is 0.293 e. The topological polar surface area (TPSA) is 98.3 Å².